The van der Waals surface area contributed by atoms with Gasteiger partial charge in [0.05, 0.1) is 4.88 Å². The SMILES string of the molecule is C=CCn1c(C)cc(C(=O)Cn2nc(-c3cccs3)oc2=O)c1C. The van der Waals surface area contributed by atoms with E-state index in [-0.39, 0.29) is 18.2 Å². The van der Waals surface area contributed by atoms with Gasteiger partial charge in [0.25, 0.3) is 5.89 Å². The predicted octanol–water partition coefficient (Wildman–Crippen LogP) is 3.05. The highest BCUT2D eigenvalue weighted by Crippen LogP contribution is 2.21. The van der Waals surface area contributed by atoms with E-state index in [0.717, 1.165) is 20.9 Å². The third kappa shape index (κ3) is 2.90. The third-order valence-corrected chi connectivity index (χ3v) is 4.68. The molecular formula is C17H17N3O3S. The lowest BCUT2D eigenvalue weighted by molar-refractivity contribution is 0.0964. The molecule has 0 saturated carbocycles. The fourth-order valence-electron chi connectivity index (χ4n) is 2.62. The van der Waals surface area contributed by atoms with Crippen LogP contribution in [0.4, 0.5) is 0 Å². The first kappa shape index (κ1) is 16.2. The first-order valence-corrected chi connectivity index (χ1v) is 8.32. The number of carbonyl (C=O) groups excluding carboxylic acids is 1. The Bertz CT molecular complexity index is 945. The molecule has 0 spiro atoms. The molecule has 0 saturated heterocycles. The van der Waals surface area contributed by atoms with E-state index < -0.39 is 5.76 Å². The summed E-state index contributed by atoms with van der Waals surface area (Å²) in [5.74, 6) is -0.571. The minimum atomic E-state index is -0.633. The van der Waals surface area contributed by atoms with Crippen molar-refractivity contribution in [3.05, 3.63) is 63.7 Å². The van der Waals surface area contributed by atoms with E-state index in [4.69, 9.17) is 4.42 Å². The summed E-state index contributed by atoms with van der Waals surface area (Å²) in [4.78, 5) is 25.3. The molecule has 0 aliphatic carbocycles. The number of Topliss-reactive ketones (excluding diaryl/α,β-unsaturated/α-hetero) is 1. The van der Waals surface area contributed by atoms with Crippen LogP contribution < -0.4 is 5.76 Å². The van der Waals surface area contributed by atoms with Gasteiger partial charge in [-0.1, -0.05) is 12.1 Å². The molecule has 0 bridgehead atoms. The molecular weight excluding hydrogens is 326 g/mol. The molecule has 0 atom stereocenters. The van der Waals surface area contributed by atoms with Crippen molar-refractivity contribution >= 4 is 17.1 Å². The Hall–Kier alpha value is -2.67. The second-order valence-corrected chi connectivity index (χ2v) is 6.36. The van der Waals surface area contributed by atoms with Gasteiger partial charge in [-0.2, -0.15) is 4.68 Å². The van der Waals surface area contributed by atoms with Crippen LogP contribution in [0.3, 0.4) is 0 Å². The lowest BCUT2D eigenvalue weighted by Crippen LogP contribution is -2.22. The van der Waals surface area contributed by atoms with Gasteiger partial charge in [0.2, 0.25) is 0 Å². The summed E-state index contributed by atoms with van der Waals surface area (Å²) in [5.41, 5.74) is 2.41. The van der Waals surface area contributed by atoms with Crippen LogP contribution in [0.2, 0.25) is 0 Å². The molecule has 0 aromatic carbocycles. The lowest BCUT2D eigenvalue weighted by Gasteiger charge is -2.06. The van der Waals surface area contributed by atoms with Crippen LogP contribution in [0.1, 0.15) is 21.7 Å². The maximum atomic E-state index is 12.6. The Morgan fingerprint density at radius 1 is 1.46 bits per heavy atom. The number of hydrogen-bond donors (Lipinski definition) is 0. The fraction of sp³-hybridized carbons (Fsp3) is 0.235. The molecule has 0 fully saturated rings. The molecule has 0 amide bonds. The van der Waals surface area contributed by atoms with Crippen molar-refractivity contribution in [3.63, 3.8) is 0 Å². The van der Waals surface area contributed by atoms with Crippen LogP contribution in [0, 0.1) is 13.8 Å². The minimum Gasteiger partial charge on any atom is -0.387 e. The van der Waals surface area contributed by atoms with Crippen molar-refractivity contribution < 1.29 is 9.21 Å². The molecule has 0 unspecified atom stereocenters. The maximum absolute atomic E-state index is 12.6. The number of allylic oxidation sites excluding steroid dienone is 1. The van der Waals surface area contributed by atoms with Gasteiger partial charge in [-0.15, -0.1) is 23.0 Å². The summed E-state index contributed by atoms with van der Waals surface area (Å²) in [6, 6.07) is 5.48. The van der Waals surface area contributed by atoms with Crippen molar-refractivity contribution in [2.75, 3.05) is 0 Å². The molecule has 6 nitrogen and oxygen atoms in total. The molecule has 24 heavy (non-hydrogen) atoms. The summed E-state index contributed by atoms with van der Waals surface area (Å²) >= 11 is 1.42. The zero-order valence-corrected chi connectivity index (χ0v) is 14.3. The molecule has 3 rings (SSSR count). The average molecular weight is 343 g/mol. The summed E-state index contributed by atoms with van der Waals surface area (Å²) in [7, 11) is 0. The molecule has 0 N–H and O–H groups in total. The highest BCUT2D eigenvalue weighted by Gasteiger charge is 2.19. The maximum Gasteiger partial charge on any atom is 0.437 e. The molecule has 3 aromatic heterocycles. The van der Waals surface area contributed by atoms with E-state index in [2.05, 4.69) is 11.7 Å². The predicted molar refractivity (Wildman–Crippen MR) is 92.5 cm³/mol. The molecule has 0 aliphatic heterocycles. The zero-order valence-electron chi connectivity index (χ0n) is 13.5. The number of carbonyl (C=O) groups is 1. The van der Waals surface area contributed by atoms with E-state index in [0.29, 0.717) is 12.1 Å². The average Bonchev–Trinajstić information content (AvgIpc) is 3.24. The van der Waals surface area contributed by atoms with Crippen molar-refractivity contribution in [1.29, 1.82) is 0 Å². The molecule has 3 heterocycles. The van der Waals surface area contributed by atoms with Crippen LogP contribution in [-0.4, -0.2) is 20.1 Å². The number of hydrogen-bond acceptors (Lipinski definition) is 5. The van der Waals surface area contributed by atoms with Gasteiger partial charge in [0.15, 0.2) is 5.78 Å². The van der Waals surface area contributed by atoms with Gasteiger partial charge in [0.1, 0.15) is 6.54 Å². The van der Waals surface area contributed by atoms with E-state index >= 15 is 0 Å². The Morgan fingerprint density at radius 3 is 2.92 bits per heavy atom. The highest BCUT2D eigenvalue weighted by molar-refractivity contribution is 7.13. The summed E-state index contributed by atoms with van der Waals surface area (Å²) in [5, 5.41) is 5.99. The van der Waals surface area contributed by atoms with Gasteiger partial charge in [-0.3, -0.25) is 4.79 Å². The Kier molecular flexibility index (Phi) is 4.35. The van der Waals surface area contributed by atoms with Gasteiger partial charge in [-0.25, -0.2) is 4.79 Å². The number of thiophene rings is 1. The minimum absolute atomic E-state index is 0.147. The first-order chi connectivity index (χ1) is 11.5. The van der Waals surface area contributed by atoms with Crippen LogP contribution >= 0.6 is 11.3 Å². The van der Waals surface area contributed by atoms with Crippen LogP contribution in [-0.2, 0) is 13.1 Å². The largest absolute Gasteiger partial charge is 0.437 e. The summed E-state index contributed by atoms with van der Waals surface area (Å²) in [6.07, 6.45) is 1.78. The number of nitrogens with zero attached hydrogens (tertiary/aromatic N) is 3. The van der Waals surface area contributed by atoms with Crippen LogP contribution in [0.15, 0.2) is 45.4 Å². The van der Waals surface area contributed by atoms with Crippen LogP contribution in [0.25, 0.3) is 10.8 Å². The van der Waals surface area contributed by atoms with Gasteiger partial charge in [-0.05, 0) is 31.4 Å². The van der Waals surface area contributed by atoms with Crippen molar-refractivity contribution in [3.8, 4) is 10.8 Å². The Balaban J connectivity index is 1.87. The summed E-state index contributed by atoms with van der Waals surface area (Å²) in [6.45, 7) is 8.03. The molecule has 3 aromatic rings. The second-order valence-electron chi connectivity index (χ2n) is 5.42. The molecule has 0 aliphatic rings. The van der Waals surface area contributed by atoms with Gasteiger partial charge < -0.3 is 8.98 Å². The standard InChI is InChI=1S/C17H17N3O3S/c1-4-7-19-11(2)9-13(12(19)3)14(21)10-20-17(22)23-16(18-20)15-6-5-8-24-15/h4-6,8-9H,1,7,10H2,2-3H3. The van der Waals surface area contributed by atoms with E-state index in [1.54, 1.807) is 6.08 Å². The molecule has 0 radical (unpaired) electrons. The van der Waals surface area contributed by atoms with Crippen LogP contribution in [0.5, 0.6) is 0 Å². The smallest absolute Gasteiger partial charge is 0.387 e. The number of aryl methyl sites for hydroxylation is 1. The van der Waals surface area contributed by atoms with Crippen molar-refractivity contribution in [1.82, 2.24) is 14.3 Å². The normalized spacial score (nSPS) is 10.9. The molecule has 7 heteroatoms. The number of ketones is 1. The zero-order chi connectivity index (χ0) is 17.3. The third-order valence-electron chi connectivity index (χ3n) is 3.82. The lowest BCUT2D eigenvalue weighted by atomic mass is 10.1. The topological polar surface area (TPSA) is 70.0 Å². The Labute approximate surface area is 142 Å². The van der Waals surface area contributed by atoms with E-state index in [1.165, 1.54) is 11.3 Å². The second kappa shape index (κ2) is 6.45. The van der Waals surface area contributed by atoms with E-state index in [9.17, 15) is 9.59 Å². The summed E-state index contributed by atoms with van der Waals surface area (Å²) < 4.78 is 8.20. The molecule has 124 valence electrons. The van der Waals surface area contributed by atoms with E-state index in [1.807, 2.05) is 42.0 Å². The number of rotatable bonds is 6. The van der Waals surface area contributed by atoms with Crippen molar-refractivity contribution in [2.24, 2.45) is 0 Å². The van der Waals surface area contributed by atoms with Gasteiger partial charge >= 0.3 is 5.76 Å². The van der Waals surface area contributed by atoms with Crippen molar-refractivity contribution in [2.45, 2.75) is 26.9 Å². The Morgan fingerprint density at radius 2 is 2.25 bits per heavy atom. The van der Waals surface area contributed by atoms with Gasteiger partial charge in [0, 0.05) is 23.5 Å². The number of aromatic nitrogens is 3. The highest BCUT2D eigenvalue weighted by atomic mass is 32.1. The quantitative estimate of drug-likeness (QED) is 0.509. The fourth-order valence-corrected chi connectivity index (χ4v) is 3.26. The monoisotopic (exact) mass is 343 g/mol. The first-order valence-electron chi connectivity index (χ1n) is 7.44.